The number of benzene rings is 1. The minimum atomic E-state index is 0.228. The SMILES string of the molecule is Cc1cc(-c2nc(-c3ccc4c(c3)OCO4)no2)c2cnn(C)c2n1. The van der Waals surface area contributed by atoms with Gasteiger partial charge in [-0.25, -0.2) is 4.98 Å². The number of ether oxygens (including phenoxy) is 2. The summed E-state index contributed by atoms with van der Waals surface area (Å²) in [7, 11) is 1.85. The number of hydrogen-bond donors (Lipinski definition) is 0. The van der Waals surface area contributed by atoms with Gasteiger partial charge < -0.3 is 14.0 Å². The van der Waals surface area contributed by atoms with Gasteiger partial charge in [-0.05, 0) is 31.2 Å². The number of hydrogen-bond acceptors (Lipinski definition) is 7. The third kappa shape index (κ3) is 2.14. The molecule has 0 unspecified atom stereocenters. The van der Waals surface area contributed by atoms with E-state index in [4.69, 9.17) is 14.0 Å². The summed E-state index contributed by atoms with van der Waals surface area (Å²) in [5, 5.41) is 9.23. The van der Waals surface area contributed by atoms with Gasteiger partial charge in [-0.3, -0.25) is 4.68 Å². The summed E-state index contributed by atoms with van der Waals surface area (Å²) < 4.78 is 17.9. The van der Waals surface area contributed by atoms with E-state index in [2.05, 4.69) is 20.2 Å². The molecule has 0 aliphatic carbocycles. The summed E-state index contributed by atoms with van der Waals surface area (Å²) in [5.74, 6) is 2.31. The van der Waals surface area contributed by atoms with Crippen LogP contribution < -0.4 is 9.47 Å². The van der Waals surface area contributed by atoms with Gasteiger partial charge in [0.05, 0.1) is 17.1 Å². The summed E-state index contributed by atoms with van der Waals surface area (Å²) in [6.07, 6.45) is 1.75. The molecular weight excluding hydrogens is 322 g/mol. The van der Waals surface area contributed by atoms with Gasteiger partial charge >= 0.3 is 0 Å². The highest BCUT2D eigenvalue weighted by atomic mass is 16.7. The monoisotopic (exact) mass is 335 g/mol. The Bertz CT molecular complexity index is 1110. The summed E-state index contributed by atoms with van der Waals surface area (Å²) in [4.78, 5) is 9.04. The van der Waals surface area contributed by atoms with E-state index < -0.39 is 0 Å². The first kappa shape index (κ1) is 14.0. The fourth-order valence-electron chi connectivity index (χ4n) is 2.90. The summed E-state index contributed by atoms with van der Waals surface area (Å²) in [6.45, 7) is 2.15. The van der Waals surface area contributed by atoms with Crippen molar-refractivity contribution >= 4 is 11.0 Å². The quantitative estimate of drug-likeness (QED) is 0.556. The zero-order chi connectivity index (χ0) is 17.0. The first-order valence-corrected chi connectivity index (χ1v) is 7.72. The van der Waals surface area contributed by atoms with Crippen LogP contribution in [0.5, 0.6) is 11.5 Å². The molecule has 3 aromatic heterocycles. The van der Waals surface area contributed by atoms with Crippen molar-refractivity contribution in [3.63, 3.8) is 0 Å². The number of nitrogens with zero attached hydrogens (tertiary/aromatic N) is 5. The minimum Gasteiger partial charge on any atom is -0.454 e. The molecule has 8 heteroatoms. The van der Waals surface area contributed by atoms with E-state index in [0.29, 0.717) is 23.2 Å². The smallest absolute Gasteiger partial charge is 0.259 e. The molecule has 0 bridgehead atoms. The van der Waals surface area contributed by atoms with Gasteiger partial charge in [-0.1, -0.05) is 5.16 Å². The maximum atomic E-state index is 5.50. The van der Waals surface area contributed by atoms with E-state index in [0.717, 1.165) is 27.9 Å². The molecule has 1 aromatic carbocycles. The van der Waals surface area contributed by atoms with Crippen molar-refractivity contribution in [1.82, 2.24) is 24.9 Å². The predicted molar refractivity (Wildman–Crippen MR) is 88.1 cm³/mol. The molecule has 0 fully saturated rings. The van der Waals surface area contributed by atoms with Crippen LogP contribution in [0.4, 0.5) is 0 Å². The van der Waals surface area contributed by atoms with Crippen molar-refractivity contribution in [2.75, 3.05) is 6.79 Å². The highest BCUT2D eigenvalue weighted by Crippen LogP contribution is 2.36. The lowest BCUT2D eigenvalue weighted by Crippen LogP contribution is -1.94. The van der Waals surface area contributed by atoms with Gasteiger partial charge in [-0.15, -0.1) is 0 Å². The Morgan fingerprint density at radius 2 is 1.96 bits per heavy atom. The molecule has 4 aromatic rings. The molecule has 0 saturated heterocycles. The number of fused-ring (bicyclic) bond motifs is 2. The maximum Gasteiger partial charge on any atom is 0.259 e. The Labute approximate surface area is 142 Å². The second-order valence-electron chi connectivity index (χ2n) is 5.81. The molecule has 0 N–H and O–H groups in total. The molecule has 124 valence electrons. The van der Waals surface area contributed by atoms with Crippen molar-refractivity contribution in [2.45, 2.75) is 6.92 Å². The van der Waals surface area contributed by atoms with Gasteiger partial charge in [0.25, 0.3) is 5.89 Å². The summed E-state index contributed by atoms with van der Waals surface area (Å²) in [5.41, 5.74) is 3.24. The molecule has 1 aliphatic heterocycles. The van der Waals surface area contributed by atoms with Gasteiger partial charge in [0.15, 0.2) is 17.1 Å². The standard InChI is InChI=1S/C17H13N5O3/c1-9-5-11(12-7-18-22(2)16(12)19-9)17-20-15(21-25-17)10-3-4-13-14(6-10)24-8-23-13/h3-7H,8H2,1-2H3. The average Bonchev–Trinajstić information content (AvgIpc) is 3.33. The van der Waals surface area contributed by atoms with E-state index in [1.807, 2.05) is 38.2 Å². The average molecular weight is 335 g/mol. The molecule has 0 amide bonds. The molecule has 4 heterocycles. The number of aromatic nitrogens is 5. The zero-order valence-corrected chi connectivity index (χ0v) is 13.6. The van der Waals surface area contributed by atoms with Crippen LogP contribution in [0, 0.1) is 6.92 Å². The largest absolute Gasteiger partial charge is 0.454 e. The highest BCUT2D eigenvalue weighted by molar-refractivity contribution is 5.90. The van der Waals surface area contributed by atoms with Gasteiger partial charge in [0, 0.05) is 18.3 Å². The van der Waals surface area contributed by atoms with Crippen LogP contribution in [0.15, 0.2) is 35.0 Å². The number of rotatable bonds is 2. The fourth-order valence-corrected chi connectivity index (χ4v) is 2.90. The summed E-state index contributed by atoms with van der Waals surface area (Å²) in [6, 6.07) is 7.47. The van der Waals surface area contributed by atoms with Crippen LogP contribution >= 0.6 is 0 Å². The van der Waals surface area contributed by atoms with Gasteiger partial charge in [0.1, 0.15) is 0 Å². The predicted octanol–water partition coefficient (Wildman–Crippen LogP) is 2.72. The van der Waals surface area contributed by atoms with Crippen molar-refractivity contribution < 1.29 is 14.0 Å². The normalized spacial score (nSPS) is 12.9. The number of aryl methyl sites for hydroxylation is 2. The Hall–Kier alpha value is -3.42. The van der Waals surface area contributed by atoms with Gasteiger partial charge in [0.2, 0.25) is 12.6 Å². The van der Waals surface area contributed by atoms with Crippen LogP contribution in [-0.2, 0) is 7.05 Å². The second-order valence-corrected chi connectivity index (χ2v) is 5.81. The van der Waals surface area contributed by atoms with Crippen LogP contribution in [0.3, 0.4) is 0 Å². The Morgan fingerprint density at radius 1 is 1.08 bits per heavy atom. The first-order chi connectivity index (χ1) is 12.2. The van der Waals surface area contributed by atoms with Crippen LogP contribution in [0.25, 0.3) is 33.9 Å². The van der Waals surface area contributed by atoms with Gasteiger partial charge in [-0.2, -0.15) is 10.1 Å². The number of pyridine rings is 1. The van der Waals surface area contributed by atoms with E-state index >= 15 is 0 Å². The van der Waals surface area contributed by atoms with Crippen molar-refractivity contribution in [3.05, 3.63) is 36.2 Å². The lowest BCUT2D eigenvalue weighted by molar-refractivity contribution is 0.174. The Kier molecular flexibility index (Phi) is 2.81. The van der Waals surface area contributed by atoms with E-state index in [9.17, 15) is 0 Å². The highest BCUT2D eigenvalue weighted by Gasteiger charge is 2.19. The van der Waals surface area contributed by atoms with E-state index in [1.165, 1.54) is 0 Å². The van der Waals surface area contributed by atoms with Crippen molar-refractivity contribution in [3.8, 4) is 34.3 Å². The van der Waals surface area contributed by atoms with E-state index in [-0.39, 0.29) is 6.79 Å². The molecule has 0 saturated carbocycles. The maximum absolute atomic E-state index is 5.50. The molecule has 0 atom stereocenters. The lowest BCUT2D eigenvalue weighted by atomic mass is 10.1. The topological polar surface area (TPSA) is 88.1 Å². The lowest BCUT2D eigenvalue weighted by Gasteiger charge is -2.00. The fraction of sp³-hybridized carbons (Fsp3) is 0.176. The zero-order valence-electron chi connectivity index (χ0n) is 13.6. The van der Waals surface area contributed by atoms with Crippen LogP contribution in [0.2, 0.25) is 0 Å². The van der Waals surface area contributed by atoms with Crippen LogP contribution in [0.1, 0.15) is 5.69 Å². The van der Waals surface area contributed by atoms with Crippen molar-refractivity contribution in [2.24, 2.45) is 7.05 Å². The Morgan fingerprint density at radius 3 is 2.88 bits per heavy atom. The molecule has 1 aliphatic rings. The van der Waals surface area contributed by atoms with Crippen molar-refractivity contribution in [1.29, 1.82) is 0 Å². The summed E-state index contributed by atoms with van der Waals surface area (Å²) >= 11 is 0. The molecule has 8 nitrogen and oxygen atoms in total. The molecule has 0 spiro atoms. The molecule has 25 heavy (non-hydrogen) atoms. The third-order valence-electron chi connectivity index (χ3n) is 4.12. The Balaban J connectivity index is 1.61. The molecule has 0 radical (unpaired) electrons. The minimum absolute atomic E-state index is 0.228. The van der Waals surface area contributed by atoms with Crippen LogP contribution in [-0.4, -0.2) is 31.7 Å². The first-order valence-electron chi connectivity index (χ1n) is 7.72. The van der Waals surface area contributed by atoms with E-state index in [1.54, 1.807) is 10.9 Å². The second kappa shape index (κ2) is 5.04. The third-order valence-corrected chi connectivity index (χ3v) is 4.12. The molecular formula is C17H13N5O3. The molecule has 5 rings (SSSR count).